The molecule has 0 radical (unpaired) electrons. The maximum absolute atomic E-state index is 11.9. The van der Waals surface area contributed by atoms with Crippen LogP contribution in [0.1, 0.15) is 51.9 Å². The lowest BCUT2D eigenvalue weighted by Gasteiger charge is -2.20. The molecule has 0 unspecified atom stereocenters. The molecule has 1 rings (SSSR count). The number of carboxylic acids is 1. The summed E-state index contributed by atoms with van der Waals surface area (Å²) in [5.74, 6) is -0.589. The number of aliphatic carboxylic acids is 1. The van der Waals surface area contributed by atoms with Crippen molar-refractivity contribution in [2.45, 2.75) is 51.9 Å². The Balaban J connectivity index is 2.20. The highest BCUT2D eigenvalue weighted by atomic mass is 16.4. The van der Waals surface area contributed by atoms with Crippen LogP contribution in [-0.4, -0.2) is 47.4 Å². The summed E-state index contributed by atoms with van der Waals surface area (Å²) in [6.07, 6.45) is 6.25. The summed E-state index contributed by atoms with van der Waals surface area (Å²) < 4.78 is 0. The van der Waals surface area contributed by atoms with Gasteiger partial charge in [-0.05, 0) is 19.3 Å². The first kappa shape index (κ1) is 17.5. The molecule has 6 heteroatoms. The van der Waals surface area contributed by atoms with E-state index in [-0.39, 0.29) is 31.3 Å². The van der Waals surface area contributed by atoms with Gasteiger partial charge in [-0.15, -0.1) is 0 Å². The van der Waals surface area contributed by atoms with Gasteiger partial charge in [-0.1, -0.05) is 25.7 Å². The Morgan fingerprint density at radius 2 is 1.86 bits per heavy atom. The average Bonchev–Trinajstić information content (AvgIpc) is 2.96. The smallest absolute Gasteiger partial charge is 0.305 e. The van der Waals surface area contributed by atoms with Crippen molar-refractivity contribution in [3.8, 4) is 0 Å². The fourth-order valence-corrected chi connectivity index (χ4v) is 2.70. The minimum Gasteiger partial charge on any atom is -0.481 e. The lowest BCUT2D eigenvalue weighted by atomic mass is 10.0. The summed E-state index contributed by atoms with van der Waals surface area (Å²) in [4.78, 5) is 35.5. The van der Waals surface area contributed by atoms with Crippen LogP contribution in [0, 0.1) is 5.92 Å². The predicted molar refractivity (Wildman–Crippen MR) is 78.7 cm³/mol. The first-order chi connectivity index (χ1) is 10.0. The van der Waals surface area contributed by atoms with Gasteiger partial charge in [0.2, 0.25) is 11.8 Å². The van der Waals surface area contributed by atoms with Crippen LogP contribution in [0.5, 0.6) is 0 Å². The minimum atomic E-state index is -0.929. The Kier molecular flexibility index (Phi) is 7.79. The van der Waals surface area contributed by atoms with E-state index in [2.05, 4.69) is 5.32 Å². The van der Waals surface area contributed by atoms with Gasteiger partial charge in [0.25, 0.3) is 0 Å². The van der Waals surface area contributed by atoms with E-state index in [0.717, 1.165) is 6.42 Å². The van der Waals surface area contributed by atoms with Gasteiger partial charge in [-0.3, -0.25) is 14.4 Å². The van der Waals surface area contributed by atoms with E-state index >= 15 is 0 Å². The van der Waals surface area contributed by atoms with Crippen molar-refractivity contribution in [3.63, 3.8) is 0 Å². The fraction of sp³-hybridized carbons (Fsp3) is 0.800. The van der Waals surface area contributed by atoms with Gasteiger partial charge in [-0.25, -0.2) is 0 Å². The Morgan fingerprint density at radius 3 is 2.43 bits per heavy atom. The van der Waals surface area contributed by atoms with Gasteiger partial charge in [-0.2, -0.15) is 0 Å². The van der Waals surface area contributed by atoms with E-state index in [1.807, 2.05) is 0 Å². The van der Waals surface area contributed by atoms with Crippen molar-refractivity contribution in [2.75, 3.05) is 19.6 Å². The normalized spacial score (nSPS) is 14.9. The average molecular weight is 298 g/mol. The molecule has 2 N–H and O–H groups in total. The largest absolute Gasteiger partial charge is 0.481 e. The lowest BCUT2D eigenvalue weighted by molar-refractivity contribution is -0.138. The van der Waals surface area contributed by atoms with Crippen LogP contribution in [0.4, 0.5) is 0 Å². The summed E-state index contributed by atoms with van der Waals surface area (Å²) in [7, 11) is 0. The number of likely N-dealkylation sites (N-methyl/N-ethyl adjacent to an activating group) is 1. The molecular weight excluding hydrogens is 272 g/mol. The minimum absolute atomic E-state index is 0.0447. The van der Waals surface area contributed by atoms with Crippen molar-refractivity contribution in [1.29, 1.82) is 0 Å². The number of carbonyl (C=O) groups is 3. The van der Waals surface area contributed by atoms with Crippen LogP contribution in [0.3, 0.4) is 0 Å². The standard InChI is InChI=1S/C15H26N2O4/c1-2-17(10-9-15(20)21)14(19)11-16-13(18)8-7-12-5-3-4-6-12/h12H,2-11H2,1H3,(H,16,18)(H,20,21). The quantitative estimate of drug-likeness (QED) is 0.673. The Labute approximate surface area is 125 Å². The molecule has 6 nitrogen and oxygen atoms in total. The summed E-state index contributed by atoms with van der Waals surface area (Å²) in [6, 6.07) is 0. The van der Waals surface area contributed by atoms with Crippen molar-refractivity contribution in [2.24, 2.45) is 5.92 Å². The van der Waals surface area contributed by atoms with Crippen LogP contribution in [0.2, 0.25) is 0 Å². The highest BCUT2D eigenvalue weighted by Gasteiger charge is 2.17. The molecule has 2 amide bonds. The van der Waals surface area contributed by atoms with Gasteiger partial charge in [0, 0.05) is 19.5 Å². The molecule has 120 valence electrons. The summed E-state index contributed by atoms with van der Waals surface area (Å²) in [5.41, 5.74) is 0. The molecule has 21 heavy (non-hydrogen) atoms. The summed E-state index contributed by atoms with van der Waals surface area (Å²) in [6.45, 7) is 2.38. The third-order valence-electron chi connectivity index (χ3n) is 4.02. The van der Waals surface area contributed by atoms with E-state index in [0.29, 0.717) is 18.9 Å². The number of rotatable bonds is 9. The second kappa shape index (κ2) is 9.37. The highest BCUT2D eigenvalue weighted by Crippen LogP contribution is 2.28. The van der Waals surface area contributed by atoms with E-state index < -0.39 is 5.97 Å². The zero-order valence-corrected chi connectivity index (χ0v) is 12.8. The van der Waals surface area contributed by atoms with Crippen LogP contribution in [0.25, 0.3) is 0 Å². The molecule has 1 fully saturated rings. The van der Waals surface area contributed by atoms with E-state index in [4.69, 9.17) is 5.11 Å². The van der Waals surface area contributed by atoms with E-state index in [9.17, 15) is 14.4 Å². The molecule has 0 heterocycles. The topological polar surface area (TPSA) is 86.7 Å². The molecule has 0 saturated heterocycles. The molecule has 0 aliphatic heterocycles. The lowest BCUT2D eigenvalue weighted by Crippen LogP contribution is -2.41. The number of nitrogens with one attached hydrogen (secondary N) is 1. The zero-order valence-electron chi connectivity index (χ0n) is 12.8. The number of carbonyl (C=O) groups excluding carboxylic acids is 2. The van der Waals surface area contributed by atoms with Gasteiger partial charge in [0.1, 0.15) is 0 Å². The highest BCUT2D eigenvalue weighted by molar-refractivity contribution is 5.84. The second-order valence-corrected chi connectivity index (χ2v) is 5.58. The van der Waals surface area contributed by atoms with Crippen molar-refractivity contribution in [3.05, 3.63) is 0 Å². The Morgan fingerprint density at radius 1 is 1.19 bits per heavy atom. The number of hydrogen-bond acceptors (Lipinski definition) is 3. The number of nitrogens with zero attached hydrogens (tertiary/aromatic N) is 1. The molecule has 1 aliphatic carbocycles. The molecule has 0 aromatic rings. The van der Waals surface area contributed by atoms with Crippen molar-refractivity contribution < 1.29 is 19.5 Å². The number of carboxylic acid groups (broad SMARTS) is 1. The van der Waals surface area contributed by atoms with Crippen LogP contribution < -0.4 is 5.32 Å². The molecular formula is C15H26N2O4. The van der Waals surface area contributed by atoms with Crippen LogP contribution >= 0.6 is 0 Å². The maximum Gasteiger partial charge on any atom is 0.305 e. The third-order valence-corrected chi connectivity index (χ3v) is 4.02. The molecule has 0 atom stereocenters. The van der Waals surface area contributed by atoms with Crippen molar-refractivity contribution in [1.82, 2.24) is 10.2 Å². The van der Waals surface area contributed by atoms with E-state index in [1.165, 1.54) is 30.6 Å². The maximum atomic E-state index is 11.9. The fourth-order valence-electron chi connectivity index (χ4n) is 2.70. The molecule has 0 aromatic carbocycles. The van der Waals surface area contributed by atoms with Crippen LogP contribution in [0.15, 0.2) is 0 Å². The number of amides is 2. The van der Waals surface area contributed by atoms with Crippen LogP contribution in [-0.2, 0) is 14.4 Å². The first-order valence-corrected chi connectivity index (χ1v) is 7.79. The molecule has 1 aliphatic rings. The van der Waals surface area contributed by atoms with E-state index in [1.54, 1.807) is 6.92 Å². The summed E-state index contributed by atoms with van der Waals surface area (Å²) >= 11 is 0. The Hall–Kier alpha value is -1.59. The van der Waals surface area contributed by atoms with Gasteiger partial charge in [0.05, 0.1) is 13.0 Å². The van der Waals surface area contributed by atoms with Gasteiger partial charge < -0.3 is 15.3 Å². The SMILES string of the molecule is CCN(CCC(=O)O)C(=O)CNC(=O)CCC1CCCC1. The van der Waals surface area contributed by atoms with Crippen molar-refractivity contribution >= 4 is 17.8 Å². The molecule has 0 aromatic heterocycles. The molecule has 1 saturated carbocycles. The second-order valence-electron chi connectivity index (χ2n) is 5.58. The zero-order chi connectivity index (χ0) is 15.7. The van der Waals surface area contributed by atoms with Gasteiger partial charge in [0.15, 0.2) is 0 Å². The predicted octanol–water partition coefficient (Wildman–Crippen LogP) is 1.40. The third kappa shape index (κ3) is 7.11. The molecule has 0 spiro atoms. The molecule has 0 bridgehead atoms. The monoisotopic (exact) mass is 298 g/mol. The Bertz CT molecular complexity index is 365. The first-order valence-electron chi connectivity index (χ1n) is 7.79. The summed E-state index contributed by atoms with van der Waals surface area (Å²) in [5, 5.41) is 11.3. The number of hydrogen-bond donors (Lipinski definition) is 2. The van der Waals surface area contributed by atoms with Gasteiger partial charge >= 0.3 is 5.97 Å².